The number of aliphatic carboxylic acids is 2. The molecule has 3 aromatic rings. The zero-order valence-corrected chi connectivity index (χ0v) is 35.6. The van der Waals surface area contributed by atoms with Crippen molar-refractivity contribution in [1.82, 2.24) is 36.9 Å². The minimum atomic E-state index is -1.89. The summed E-state index contributed by atoms with van der Waals surface area (Å²) in [5.41, 5.74) is 18.9. The van der Waals surface area contributed by atoms with Gasteiger partial charge in [-0.2, -0.15) is 0 Å². The maximum absolute atomic E-state index is 14.0. The molecular formula is C42H56N10O12. The van der Waals surface area contributed by atoms with Crippen molar-refractivity contribution in [2.24, 2.45) is 23.1 Å². The molecule has 22 nitrogen and oxygen atoms in total. The van der Waals surface area contributed by atoms with E-state index in [2.05, 4.69) is 36.9 Å². The van der Waals surface area contributed by atoms with Gasteiger partial charge in [0.15, 0.2) is 0 Å². The first-order valence-electron chi connectivity index (χ1n) is 20.3. The number of fused-ring (bicyclic) bond motifs is 1. The summed E-state index contributed by atoms with van der Waals surface area (Å²) in [6.07, 6.45) is -1.11. The maximum Gasteiger partial charge on any atom is 0.325 e. The molecule has 0 saturated heterocycles. The van der Waals surface area contributed by atoms with Crippen LogP contribution >= 0.6 is 0 Å². The monoisotopic (exact) mass is 892 g/mol. The molecule has 346 valence electrons. The second-order valence-electron chi connectivity index (χ2n) is 15.6. The lowest BCUT2D eigenvalue weighted by Gasteiger charge is -2.27. The van der Waals surface area contributed by atoms with Gasteiger partial charge in [0.25, 0.3) is 0 Å². The number of primary amides is 2. The van der Waals surface area contributed by atoms with E-state index in [4.69, 9.17) is 17.2 Å². The molecule has 8 amide bonds. The molecule has 0 saturated carbocycles. The molecule has 0 aliphatic carbocycles. The predicted octanol–water partition coefficient (Wildman–Crippen LogP) is -2.04. The molecule has 0 unspecified atom stereocenters. The first-order chi connectivity index (χ1) is 30.1. The van der Waals surface area contributed by atoms with Crippen molar-refractivity contribution < 1.29 is 58.2 Å². The fraction of sp³-hybridized carbons (Fsp3) is 0.429. The number of aromatic nitrogens is 1. The Balaban J connectivity index is 1.86. The number of benzene rings is 2. The standard InChI is InChI=1S/C42H56N10O12/c1-21(2)15-29(38(59)47-22(3)42(63)64)49-40(61)31(18-34(45)54)51-39(60)30(16-23-9-5-4-6-10-23)50-41(62)32(19-35(55)56)52-37(58)28(13-14-33(44)53)48-36(57)26(43)17-24-20-46-27-12-8-7-11-25(24)27/h4-12,20-22,26,28-32,46H,13-19,43H2,1-3H3,(H2,44,53)(H2,45,54)(H,47,59)(H,48,57)(H,49,61)(H,50,62)(H,51,60)(H,52,58)(H,55,56)(H,63,64)/t22-,26-,28-,29-,30-,31-,32-/m0/s1. The number of nitrogens with two attached hydrogens (primary N) is 3. The van der Waals surface area contributed by atoms with Gasteiger partial charge >= 0.3 is 11.9 Å². The van der Waals surface area contributed by atoms with E-state index >= 15 is 0 Å². The van der Waals surface area contributed by atoms with Crippen LogP contribution in [0.25, 0.3) is 10.9 Å². The number of carbonyl (C=O) groups is 10. The van der Waals surface area contributed by atoms with Crippen molar-refractivity contribution in [2.45, 2.75) is 108 Å². The van der Waals surface area contributed by atoms with Gasteiger partial charge in [0, 0.05) is 29.9 Å². The molecule has 7 atom stereocenters. The van der Waals surface area contributed by atoms with Gasteiger partial charge in [-0.15, -0.1) is 0 Å². The van der Waals surface area contributed by atoms with Crippen molar-refractivity contribution in [3.8, 4) is 0 Å². The van der Waals surface area contributed by atoms with Gasteiger partial charge in [0.05, 0.1) is 18.9 Å². The van der Waals surface area contributed by atoms with Crippen LogP contribution in [-0.2, 0) is 60.8 Å². The van der Waals surface area contributed by atoms with Crippen LogP contribution in [-0.4, -0.2) is 117 Å². The molecule has 0 aliphatic heterocycles. The van der Waals surface area contributed by atoms with E-state index in [0.29, 0.717) is 11.1 Å². The number of H-pyrrole nitrogens is 1. The molecule has 22 heteroatoms. The highest BCUT2D eigenvalue weighted by atomic mass is 16.4. The first-order valence-corrected chi connectivity index (χ1v) is 20.3. The highest BCUT2D eigenvalue weighted by Gasteiger charge is 2.35. The molecule has 15 N–H and O–H groups in total. The van der Waals surface area contributed by atoms with Gasteiger partial charge in [-0.3, -0.25) is 47.9 Å². The Morgan fingerprint density at radius 2 is 1.11 bits per heavy atom. The molecule has 1 heterocycles. The van der Waals surface area contributed by atoms with Gasteiger partial charge in [-0.1, -0.05) is 62.4 Å². The van der Waals surface area contributed by atoms with E-state index in [1.54, 1.807) is 56.4 Å². The Bertz CT molecular complexity index is 2180. The zero-order valence-electron chi connectivity index (χ0n) is 35.6. The van der Waals surface area contributed by atoms with E-state index in [-0.39, 0.29) is 31.6 Å². The van der Waals surface area contributed by atoms with E-state index in [9.17, 15) is 58.2 Å². The molecule has 0 bridgehead atoms. The number of carboxylic acid groups (broad SMARTS) is 2. The van der Waals surface area contributed by atoms with Crippen molar-refractivity contribution >= 4 is 70.1 Å². The van der Waals surface area contributed by atoms with Crippen LogP contribution in [0.4, 0.5) is 0 Å². The first kappa shape index (κ1) is 51.0. The Kier molecular flexibility index (Phi) is 19.4. The second-order valence-corrected chi connectivity index (χ2v) is 15.6. The highest BCUT2D eigenvalue weighted by molar-refractivity contribution is 5.99. The van der Waals surface area contributed by atoms with E-state index in [1.807, 2.05) is 18.2 Å². The highest BCUT2D eigenvalue weighted by Crippen LogP contribution is 2.19. The van der Waals surface area contributed by atoms with E-state index in [1.165, 1.54) is 6.92 Å². The molecule has 0 fully saturated rings. The SMILES string of the molecule is CC(C)C[C@H](NC(=O)[C@H](CC(N)=O)NC(=O)[C@H](Cc1ccccc1)NC(=O)[C@H](CC(=O)O)NC(=O)[C@H](CCC(N)=O)NC(=O)[C@@H](N)Cc1c[nH]c2ccccc12)C(=O)N[C@@H](C)C(=O)O. The molecule has 64 heavy (non-hydrogen) atoms. The van der Waals surface area contributed by atoms with Crippen molar-refractivity contribution in [3.63, 3.8) is 0 Å². The summed E-state index contributed by atoms with van der Waals surface area (Å²) < 4.78 is 0. The average Bonchev–Trinajstić information content (AvgIpc) is 3.63. The van der Waals surface area contributed by atoms with Crippen molar-refractivity contribution in [1.29, 1.82) is 0 Å². The molecule has 3 rings (SSSR count). The summed E-state index contributed by atoms with van der Waals surface area (Å²) in [6.45, 7) is 4.67. The Labute approximate surface area is 367 Å². The third kappa shape index (κ3) is 16.5. The minimum Gasteiger partial charge on any atom is -0.481 e. The third-order valence-corrected chi connectivity index (χ3v) is 9.80. The fourth-order valence-corrected chi connectivity index (χ4v) is 6.49. The molecule has 0 radical (unpaired) electrons. The van der Waals surface area contributed by atoms with Crippen LogP contribution < -0.4 is 49.1 Å². The number of para-hydroxylation sites is 1. The second kappa shape index (κ2) is 24.3. The van der Waals surface area contributed by atoms with E-state index in [0.717, 1.165) is 10.9 Å². The van der Waals surface area contributed by atoms with Gasteiger partial charge in [0.2, 0.25) is 47.3 Å². The predicted molar refractivity (Wildman–Crippen MR) is 229 cm³/mol. The van der Waals surface area contributed by atoms with Gasteiger partial charge in [-0.25, -0.2) is 0 Å². The van der Waals surface area contributed by atoms with Gasteiger partial charge in [-0.05, 0) is 49.3 Å². The zero-order chi connectivity index (χ0) is 47.7. The normalized spacial score (nSPS) is 14.3. The maximum atomic E-state index is 14.0. The molecule has 0 aliphatic rings. The fourth-order valence-electron chi connectivity index (χ4n) is 6.49. The summed E-state index contributed by atoms with van der Waals surface area (Å²) in [4.78, 5) is 132. The molecular weight excluding hydrogens is 837 g/mol. The summed E-state index contributed by atoms with van der Waals surface area (Å²) in [7, 11) is 0. The average molecular weight is 893 g/mol. The number of carbonyl (C=O) groups excluding carboxylic acids is 8. The summed E-state index contributed by atoms with van der Waals surface area (Å²) in [5, 5.41) is 34.0. The number of nitrogens with one attached hydrogen (secondary N) is 7. The van der Waals surface area contributed by atoms with Crippen LogP contribution in [0.5, 0.6) is 0 Å². The number of amides is 8. The third-order valence-electron chi connectivity index (χ3n) is 9.80. The number of rotatable bonds is 26. The number of aromatic amines is 1. The van der Waals surface area contributed by atoms with Crippen LogP contribution in [0.1, 0.15) is 64.0 Å². The quantitative estimate of drug-likeness (QED) is 0.0414. The lowest BCUT2D eigenvalue weighted by atomic mass is 10.0. The lowest BCUT2D eigenvalue weighted by Crippen LogP contribution is -2.60. The largest absolute Gasteiger partial charge is 0.481 e. The Morgan fingerprint density at radius 3 is 1.69 bits per heavy atom. The van der Waals surface area contributed by atoms with Crippen LogP contribution in [0.3, 0.4) is 0 Å². The van der Waals surface area contributed by atoms with Gasteiger partial charge < -0.3 is 64.3 Å². The van der Waals surface area contributed by atoms with Crippen LogP contribution in [0.2, 0.25) is 0 Å². The summed E-state index contributed by atoms with van der Waals surface area (Å²) in [6, 6.07) is 4.80. The summed E-state index contributed by atoms with van der Waals surface area (Å²) >= 11 is 0. The number of hydrogen-bond donors (Lipinski definition) is 12. The smallest absolute Gasteiger partial charge is 0.325 e. The van der Waals surface area contributed by atoms with Crippen LogP contribution in [0.15, 0.2) is 60.8 Å². The number of hydrogen-bond acceptors (Lipinski definition) is 11. The van der Waals surface area contributed by atoms with Crippen molar-refractivity contribution in [2.75, 3.05) is 0 Å². The lowest BCUT2D eigenvalue weighted by molar-refractivity contribution is -0.142. The molecule has 1 aromatic heterocycles. The van der Waals surface area contributed by atoms with Crippen molar-refractivity contribution in [3.05, 3.63) is 71.9 Å². The molecule has 0 spiro atoms. The Hall–Kier alpha value is -7.36. The topological polar surface area (TPSA) is 377 Å². The summed E-state index contributed by atoms with van der Waals surface area (Å²) in [5.74, 6) is -11.1. The van der Waals surface area contributed by atoms with Gasteiger partial charge in [0.1, 0.15) is 36.3 Å². The molecule has 2 aromatic carbocycles. The Morgan fingerprint density at radius 1 is 0.594 bits per heavy atom. The van der Waals surface area contributed by atoms with E-state index < -0.39 is 121 Å². The van der Waals surface area contributed by atoms with Crippen LogP contribution in [0, 0.1) is 5.92 Å². The minimum absolute atomic E-state index is 0.0232. The number of carboxylic acids is 2.